The Morgan fingerprint density at radius 1 is 1.41 bits per heavy atom. The quantitative estimate of drug-likeness (QED) is 0.767. The van der Waals surface area contributed by atoms with Crippen molar-refractivity contribution in [2.75, 3.05) is 12.3 Å². The molecule has 1 aliphatic carbocycles. The van der Waals surface area contributed by atoms with E-state index in [9.17, 15) is 5.11 Å². The van der Waals surface area contributed by atoms with E-state index in [1.165, 1.54) is 0 Å². The van der Waals surface area contributed by atoms with Crippen molar-refractivity contribution in [1.82, 2.24) is 14.8 Å². The Labute approximate surface area is 106 Å². The van der Waals surface area contributed by atoms with E-state index in [0.717, 1.165) is 43.2 Å². The van der Waals surface area contributed by atoms with Crippen LogP contribution in [0.25, 0.3) is 0 Å². The van der Waals surface area contributed by atoms with Crippen LogP contribution in [0, 0.1) is 6.92 Å². The van der Waals surface area contributed by atoms with Crippen molar-refractivity contribution in [2.45, 2.75) is 49.9 Å². The van der Waals surface area contributed by atoms with Gasteiger partial charge in [-0.25, -0.2) is 0 Å². The van der Waals surface area contributed by atoms with Crippen LogP contribution in [-0.2, 0) is 6.54 Å². The Bertz CT molecular complexity index is 374. The minimum atomic E-state index is -0.502. The lowest BCUT2D eigenvalue weighted by Gasteiger charge is -2.21. The standard InChI is InChI=1S/C11H20N4OS/c1-9-13-14-10(15(9)7-6-12)17-8-11(16)4-2-3-5-11/h16H,2-8,12H2,1H3. The molecule has 0 atom stereocenters. The molecule has 1 aromatic rings. The summed E-state index contributed by atoms with van der Waals surface area (Å²) in [5.74, 6) is 1.59. The maximum Gasteiger partial charge on any atom is 0.191 e. The van der Waals surface area contributed by atoms with Crippen LogP contribution in [0.4, 0.5) is 0 Å². The number of thioether (sulfide) groups is 1. The number of hydrogen-bond acceptors (Lipinski definition) is 5. The fourth-order valence-electron chi connectivity index (χ4n) is 2.23. The van der Waals surface area contributed by atoms with Gasteiger partial charge >= 0.3 is 0 Å². The van der Waals surface area contributed by atoms with Crippen molar-refractivity contribution in [3.05, 3.63) is 5.82 Å². The van der Waals surface area contributed by atoms with Crippen molar-refractivity contribution >= 4 is 11.8 Å². The van der Waals surface area contributed by atoms with Crippen LogP contribution in [0.15, 0.2) is 5.16 Å². The summed E-state index contributed by atoms with van der Waals surface area (Å²) in [5, 5.41) is 19.3. The minimum absolute atomic E-state index is 0.502. The van der Waals surface area contributed by atoms with Gasteiger partial charge in [-0.2, -0.15) is 0 Å². The molecule has 0 aliphatic heterocycles. The maximum atomic E-state index is 10.3. The number of aryl methyl sites for hydroxylation is 1. The zero-order valence-corrected chi connectivity index (χ0v) is 11.0. The molecular formula is C11H20N4OS. The fraction of sp³-hybridized carbons (Fsp3) is 0.818. The highest BCUT2D eigenvalue weighted by atomic mass is 32.2. The summed E-state index contributed by atoms with van der Waals surface area (Å²) in [5.41, 5.74) is 5.06. The summed E-state index contributed by atoms with van der Waals surface area (Å²) < 4.78 is 2.02. The lowest BCUT2D eigenvalue weighted by Crippen LogP contribution is -2.27. The lowest BCUT2D eigenvalue weighted by molar-refractivity contribution is 0.0732. The molecule has 1 saturated carbocycles. The fourth-order valence-corrected chi connectivity index (χ4v) is 3.40. The molecule has 1 aliphatic rings. The van der Waals surface area contributed by atoms with Crippen molar-refractivity contribution in [3.8, 4) is 0 Å². The summed E-state index contributed by atoms with van der Waals surface area (Å²) in [6, 6.07) is 0. The zero-order valence-electron chi connectivity index (χ0n) is 10.2. The Hall–Kier alpha value is -0.590. The maximum absolute atomic E-state index is 10.3. The molecule has 0 radical (unpaired) electrons. The first-order chi connectivity index (χ1) is 8.14. The first-order valence-electron chi connectivity index (χ1n) is 6.10. The van der Waals surface area contributed by atoms with Crippen LogP contribution in [0.3, 0.4) is 0 Å². The van der Waals surface area contributed by atoms with Crippen molar-refractivity contribution in [3.63, 3.8) is 0 Å². The molecule has 1 fully saturated rings. The van der Waals surface area contributed by atoms with E-state index < -0.39 is 5.60 Å². The van der Waals surface area contributed by atoms with E-state index in [1.807, 2.05) is 11.5 Å². The van der Waals surface area contributed by atoms with Gasteiger partial charge in [-0.3, -0.25) is 0 Å². The van der Waals surface area contributed by atoms with Gasteiger partial charge in [0.25, 0.3) is 0 Å². The van der Waals surface area contributed by atoms with E-state index in [0.29, 0.717) is 12.3 Å². The van der Waals surface area contributed by atoms with E-state index in [2.05, 4.69) is 10.2 Å². The van der Waals surface area contributed by atoms with E-state index >= 15 is 0 Å². The summed E-state index contributed by atoms with van der Waals surface area (Å²) in [4.78, 5) is 0. The number of rotatable bonds is 5. The molecule has 2 rings (SSSR count). The van der Waals surface area contributed by atoms with Crippen molar-refractivity contribution < 1.29 is 5.11 Å². The molecule has 0 bridgehead atoms. The number of nitrogens with zero attached hydrogens (tertiary/aromatic N) is 3. The molecule has 1 aromatic heterocycles. The van der Waals surface area contributed by atoms with Gasteiger partial charge in [0.1, 0.15) is 5.82 Å². The van der Waals surface area contributed by atoms with Gasteiger partial charge in [0.05, 0.1) is 5.60 Å². The molecule has 17 heavy (non-hydrogen) atoms. The monoisotopic (exact) mass is 256 g/mol. The Morgan fingerprint density at radius 2 is 2.12 bits per heavy atom. The van der Waals surface area contributed by atoms with Crippen LogP contribution in [0.5, 0.6) is 0 Å². The van der Waals surface area contributed by atoms with Gasteiger partial charge in [0.15, 0.2) is 5.16 Å². The van der Waals surface area contributed by atoms with Crippen LogP contribution >= 0.6 is 11.8 Å². The van der Waals surface area contributed by atoms with E-state index in [-0.39, 0.29) is 0 Å². The number of nitrogens with two attached hydrogens (primary N) is 1. The zero-order chi connectivity index (χ0) is 12.3. The van der Waals surface area contributed by atoms with Crippen LogP contribution in [0.1, 0.15) is 31.5 Å². The van der Waals surface area contributed by atoms with E-state index in [4.69, 9.17) is 5.73 Å². The molecule has 1 heterocycles. The highest BCUT2D eigenvalue weighted by Crippen LogP contribution is 2.34. The minimum Gasteiger partial charge on any atom is -0.389 e. The first-order valence-corrected chi connectivity index (χ1v) is 7.08. The third-order valence-corrected chi connectivity index (χ3v) is 4.50. The molecule has 0 saturated heterocycles. The van der Waals surface area contributed by atoms with Gasteiger partial charge < -0.3 is 15.4 Å². The summed E-state index contributed by atoms with van der Waals surface area (Å²) in [7, 11) is 0. The van der Waals surface area contributed by atoms with Gasteiger partial charge in [0, 0.05) is 18.8 Å². The Kier molecular flexibility index (Phi) is 4.06. The van der Waals surface area contributed by atoms with Crippen LogP contribution < -0.4 is 5.73 Å². The van der Waals surface area contributed by atoms with E-state index in [1.54, 1.807) is 11.8 Å². The average Bonchev–Trinajstić information content (AvgIpc) is 2.87. The third kappa shape index (κ3) is 3.00. The molecule has 6 heteroatoms. The van der Waals surface area contributed by atoms with Gasteiger partial charge in [0.2, 0.25) is 0 Å². The van der Waals surface area contributed by atoms with Crippen molar-refractivity contribution in [1.29, 1.82) is 0 Å². The SMILES string of the molecule is Cc1nnc(SCC2(O)CCCC2)n1CCN. The second kappa shape index (κ2) is 5.37. The third-order valence-electron chi connectivity index (χ3n) is 3.26. The predicted molar refractivity (Wildman–Crippen MR) is 68.0 cm³/mol. The second-order valence-electron chi connectivity index (χ2n) is 4.69. The summed E-state index contributed by atoms with van der Waals surface area (Å²) >= 11 is 1.59. The summed E-state index contributed by atoms with van der Waals surface area (Å²) in [6.07, 6.45) is 4.07. The number of aromatic nitrogens is 3. The average molecular weight is 256 g/mol. The molecule has 0 unspecified atom stereocenters. The highest BCUT2D eigenvalue weighted by molar-refractivity contribution is 7.99. The van der Waals surface area contributed by atoms with Crippen LogP contribution in [0.2, 0.25) is 0 Å². The largest absolute Gasteiger partial charge is 0.389 e. The number of aliphatic hydroxyl groups is 1. The smallest absolute Gasteiger partial charge is 0.191 e. The van der Waals surface area contributed by atoms with Gasteiger partial charge in [-0.15, -0.1) is 10.2 Å². The molecule has 3 N–H and O–H groups in total. The predicted octanol–water partition coefficient (Wildman–Crippen LogP) is 0.942. The van der Waals surface area contributed by atoms with Crippen molar-refractivity contribution in [2.24, 2.45) is 5.73 Å². The molecule has 96 valence electrons. The first kappa shape index (κ1) is 12.9. The Balaban J connectivity index is 1.98. The Morgan fingerprint density at radius 3 is 2.76 bits per heavy atom. The van der Waals surface area contributed by atoms with Gasteiger partial charge in [-0.1, -0.05) is 24.6 Å². The van der Waals surface area contributed by atoms with Gasteiger partial charge in [-0.05, 0) is 19.8 Å². The highest BCUT2D eigenvalue weighted by Gasteiger charge is 2.31. The normalized spacial score (nSPS) is 18.8. The molecule has 5 nitrogen and oxygen atoms in total. The molecule has 0 amide bonds. The summed E-state index contributed by atoms with van der Waals surface area (Å²) in [6.45, 7) is 3.24. The topological polar surface area (TPSA) is 77.0 Å². The second-order valence-corrected chi connectivity index (χ2v) is 5.63. The number of hydrogen-bond donors (Lipinski definition) is 2. The molecular weight excluding hydrogens is 236 g/mol. The molecule has 0 aromatic carbocycles. The van der Waals surface area contributed by atoms with Crippen LogP contribution in [-0.4, -0.2) is 37.8 Å². The molecule has 0 spiro atoms. The lowest BCUT2D eigenvalue weighted by atomic mass is 10.1.